The van der Waals surface area contributed by atoms with E-state index in [-0.39, 0.29) is 29.8 Å². The van der Waals surface area contributed by atoms with Crippen LogP contribution in [0.2, 0.25) is 0 Å². The molecule has 0 unspecified atom stereocenters. The van der Waals surface area contributed by atoms with E-state index in [2.05, 4.69) is 15.1 Å². The Morgan fingerprint density at radius 3 is 2.81 bits per heavy atom. The molecule has 0 N–H and O–H groups in total. The fraction of sp³-hybridized carbons (Fsp3) is 0.294. The molecular weight excluding hydrogens is 362 g/mol. The lowest BCUT2D eigenvalue weighted by Gasteiger charge is -2.20. The Labute approximate surface area is 152 Å². The van der Waals surface area contributed by atoms with E-state index in [1.54, 1.807) is 20.9 Å². The van der Waals surface area contributed by atoms with Crippen molar-refractivity contribution in [2.45, 2.75) is 26.5 Å². The van der Waals surface area contributed by atoms with Gasteiger partial charge >= 0.3 is 0 Å². The molecule has 1 atom stereocenters. The second kappa shape index (κ2) is 7.52. The van der Waals surface area contributed by atoms with Gasteiger partial charge in [-0.25, -0.2) is 9.37 Å². The van der Waals surface area contributed by atoms with Crippen LogP contribution in [0.4, 0.5) is 8.78 Å². The van der Waals surface area contributed by atoms with Crippen molar-refractivity contribution in [3.63, 3.8) is 0 Å². The van der Waals surface area contributed by atoms with Crippen molar-refractivity contribution in [2.75, 3.05) is 7.05 Å². The monoisotopic (exact) mass is 378 g/mol. The van der Waals surface area contributed by atoms with E-state index < -0.39 is 23.6 Å². The van der Waals surface area contributed by atoms with Crippen molar-refractivity contribution < 1.29 is 27.3 Å². The fourth-order valence-electron chi connectivity index (χ4n) is 2.22. The summed E-state index contributed by atoms with van der Waals surface area (Å²) < 4.78 is 42.1. The van der Waals surface area contributed by atoms with E-state index in [9.17, 15) is 13.6 Å². The highest BCUT2D eigenvalue weighted by Crippen LogP contribution is 2.21. The summed E-state index contributed by atoms with van der Waals surface area (Å²) in [6.45, 7) is 3.13. The molecule has 27 heavy (non-hydrogen) atoms. The summed E-state index contributed by atoms with van der Waals surface area (Å²) in [7, 11) is 1.56. The zero-order valence-electron chi connectivity index (χ0n) is 14.8. The Hall–Kier alpha value is -3.30. The van der Waals surface area contributed by atoms with Gasteiger partial charge in [0.05, 0.1) is 0 Å². The summed E-state index contributed by atoms with van der Waals surface area (Å²) >= 11 is 0. The van der Waals surface area contributed by atoms with Crippen molar-refractivity contribution in [1.82, 2.24) is 20.0 Å². The summed E-state index contributed by atoms with van der Waals surface area (Å²) in [5.41, 5.74) is 0.0268. The van der Waals surface area contributed by atoms with E-state index in [0.29, 0.717) is 5.82 Å². The Balaban J connectivity index is 1.65. The Morgan fingerprint density at radius 2 is 2.11 bits per heavy atom. The summed E-state index contributed by atoms with van der Waals surface area (Å²) in [4.78, 5) is 22.0. The normalized spacial score (nSPS) is 12.0. The second-order valence-electron chi connectivity index (χ2n) is 5.74. The lowest BCUT2D eigenvalue weighted by Crippen LogP contribution is -2.30. The number of hydrogen-bond acceptors (Lipinski definition) is 7. The van der Waals surface area contributed by atoms with E-state index >= 15 is 0 Å². The van der Waals surface area contributed by atoms with Crippen LogP contribution in [0, 0.1) is 18.6 Å². The Kier molecular flexibility index (Phi) is 5.15. The van der Waals surface area contributed by atoms with Gasteiger partial charge in [0.15, 0.2) is 29.7 Å². The van der Waals surface area contributed by atoms with Crippen LogP contribution in [0.5, 0.6) is 5.75 Å². The zero-order chi connectivity index (χ0) is 19.6. The molecular formula is C17H16F2N4O4. The number of benzene rings is 1. The molecule has 1 aromatic carbocycles. The van der Waals surface area contributed by atoms with E-state index in [1.165, 1.54) is 17.0 Å². The van der Waals surface area contributed by atoms with Gasteiger partial charge in [-0.2, -0.15) is 9.37 Å². The highest BCUT2D eigenvalue weighted by molar-refractivity contribution is 5.92. The van der Waals surface area contributed by atoms with Gasteiger partial charge in [0, 0.05) is 7.05 Å². The van der Waals surface area contributed by atoms with E-state index in [0.717, 1.165) is 12.3 Å². The number of nitrogens with zero attached hydrogens (tertiary/aromatic N) is 4. The first-order valence-electron chi connectivity index (χ1n) is 7.95. The molecule has 0 fully saturated rings. The Morgan fingerprint density at radius 1 is 1.33 bits per heavy atom. The topological polar surface area (TPSA) is 94.5 Å². The van der Waals surface area contributed by atoms with Crippen LogP contribution in [0.3, 0.4) is 0 Å². The molecule has 0 aliphatic rings. The maximum Gasteiger partial charge on any atom is 0.276 e. The average Bonchev–Trinajstić information content (AvgIpc) is 3.30. The first-order chi connectivity index (χ1) is 12.9. The van der Waals surface area contributed by atoms with Crippen molar-refractivity contribution in [3.05, 3.63) is 59.4 Å². The number of amides is 1. The standard InChI is InChI=1S/C17H16F2N4O4/c1-9(16-20-10(2)22-27-16)23(3)17(24)12-7-26-14(21-12)8-25-13-6-4-5-11(18)15(13)19/h4-7,9H,8H2,1-3H3/t9-/m0/s1. The first-order valence-corrected chi connectivity index (χ1v) is 7.95. The molecule has 8 nitrogen and oxygen atoms in total. The first kappa shape index (κ1) is 18.5. The van der Waals surface area contributed by atoms with Crippen LogP contribution in [0.1, 0.15) is 41.1 Å². The number of oxazole rings is 1. The van der Waals surface area contributed by atoms with Gasteiger partial charge < -0.3 is 18.6 Å². The molecule has 142 valence electrons. The lowest BCUT2D eigenvalue weighted by molar-refractivity contribution is 0.0710. The van der Waals surface area contributed by atoms with E-state index in [4.69, 9.17) is 13.7 Å². The van der Waals surface area contributed by atoms with Crippen LogP contribution in [0.15, 0.2) is 33.4 Å². The van der Waals surface area contributed by atoms with Crippen molar-refractivity contribution in [1.29, 1.82) is 0 Å². The molecule has 0 aliphatic carbocycles. The molecule has 1 amide bonds. The minimum atomic E-state index is -1.11. The summed E-state index contributed by atoms with van der Waals surface area (Å²) in [5.74, 6) is -2.06. The molecule has 0 spiro atoms. The number of carbonyl (C=O) groups is 1. The van der Waals surface area contributed by atoms with Crippen molar-refractivity contribution in [3.8, 4) is 5.75 Å². The third kappa shape index (κ3) is 3.94. The van der Waals surface area contributed by atoms with Crippen molar-refractivity contribution >= 4 is 5.91 Å². The summed E-state index contributed by atoms with van der Waals surface area (Å²) in [5, 5.41) is 3.69. The number of hydrogen-bond donors (Lipinski definition) is 0. The number of carbonyl (C=O) groups excluding carboxylic acids is 1. The highest BCUT2D eigenvalue weighted by atomic mass is 19.2. The number of ether oxygens (including phenoxy) is 1. The Bertz CT molecular complexity index is 956. The molecule has 3 rings (SSSR count). The van der Waals surface area contributed by atoms with Gasteiger partial charge in [-0.15, -0.1) is 0 Å². The van der Waals surface area contributed by atoms with Crippen molar-refractivity contribution in [2.24, 2.45) is 0 Å². The maximum atomic E-state index is 13.6. The molecule has 0 saturated heterocycles. The van der Waals surface area contributed by atoms with Gasteiger partial charge in [-0.05, 0) is 26.0 Å². The van der Waals surface area contributed by atoms with Gasteiger partial charge in [0.1, 0.15) is 12.3 Å². The van der Waals surface area contributed by atoms with Gasteiger partial charge in [-0.1, -0.05) is 11.2 Å². The minimum Gasteiger partial charge on any atom is -0.481 e. The fourth-order valence-corrected chi connectivity index (χ4v) is 2.22. The van der Waals surface area contributed by atoms with Crippen LogP contribution in [-0.4, -0.2) is 33.0 Å². The SMILES string of the molecule is Cc1noc([C@H](C)N(C)C(=O)c2coc(COc3cccc(F)c3F)n2)n1. The van der Waals surface area contributed by atoms with Gasteiger partial charge in [0.25, 0.3) is 5.91 Å². The number of aryl methyl sites for hydroxylation is 1. The van der Waals surface area contributed by atoms with Gasteiger partial charge in [-0.3, -0.25) is 4.79 Å². The number of halogens is 2. The van der Waals surface area contributed by atoms with Crippen LogP contribution < -0.4 is 4.74 Å². The third-order valence-electron chi connectivity index (χ3n) is 3.84. The molecule has 2 aromatic heterocycles. The molecule has 0 radical (unpaired) electrons. The third-order valence-corrected chi connectivity index (χ3v) is 3.84. The predicted molar refractivity (Wildman–Crippen MR) is 86.7 cm³/mol. The average molecular weight is 378 g/mol. The smallest absolute Gasteiger partial charge is 0.276 e. The quantitative estimate of drug-likeness (QED) is 0.650. The number of aromatic nitrogens is 3. The van der Waals surface area contributed by atoms with E-state index in [1.807, 2.05) is 0 Å². The predicted octanol–water partition coefficient (Wildman–Crippen LogP) is 3.06. The summed E-state index contributed by atoms with van der Waals surface area (Å²) in [6.07, 6.45) is 1.16. The van der Waals surface area contributed by atoms with Crippen LogP contribution in [-0.2, 0) is 6.61 Å². The molecule has 0 bridgehead atoms. The molecule has 0 aliphatic heterocycles. The highest BCUT2D eigenvalue weighted by Gasteiger charge is 2.25. The molecule has 3 aromatic rings. The summed E-state index contributed by atoms with van der Waals surface area (Å²) in [6, 6.07) is 3.09. The van der Waals surface area contributed by atoms with Crippen LogP contribution >= 0.6 is 0 Å². The lowest BCUT2D eigenvalue weighted by atomic mass is 10.2. The largest absolute Gasteiger partial charge is 0.481 e. The minimum absolute atomic E-state index is 0.0268. The second-order valence-corrected chi connectivity index (χ2v) is 5.74. The maximum absolute atomic E-state index is 13.6. The number of rotatable bonds is 6. The molecule has 0 saturated carbocycles. The molecule has 10 heteroatoms. The zero-order valence-corrected chi connectivity index (χ0v) is 14.8. The molecule has 2 heterocycles. The van der Waals surface area contributed by atoms with Crippen LogP contribution in [0.25, 0.3) is 0 Å². The van der Waals surface area contributed by atoms with Gasteiger partial charge in [0.2, 0.25) is 17.6 Å².